The van der Waals surface area contributed by atoms with E-state index in [2.05, 4.69) is 21.4 Å². The Labute approximate surface area is 98.6 Å². The molecule has 0 unspecified atom stereocenters. The molecule has 0 amide bonds. The molecule has 3 rings (SSSR count). The largest absolute Gasteiger partial charge is 0.311 e. The first kappa shape index (κ1) is 9.93. The molecule has 1 aliphatic rings. The minimum absolute atomic E-state index is 0.860. The minimum atomic E-state index is 0.860. The molecule has 16 heavy (non-hydrogen) atoms. The lowest BCUT2D eigenvalue weighted by atomic mass is 10.2. The van der Waals surface area contributed by atoms with Crippen molar-refractivity contribution < 1.29 is 0 Å². The van der Waals surface area contributed by atoms with Gasteiger partial charge in [-0.2, -0.15) is 0 Å². The molecule has 0 saturated carbocycles. The number of thiazole rings is 1. The average molecular weight is 231 g/mol. The second-order valence-corrected chi connectivity index (χ2v) is 5.07. The van der Waals surface area contributed by atoms with Gasteiger partial charge in [-0.25, -0.2) is 4.98 Å². The highest BCUT2D eigenvalue weighted by Gasteiger charge is 2.14. The molecule has 0 atom stereocenters. The van der Waals surface area contributed by atoms with E-state index in [0.717, 1.165) is 31.6 Å². The third-order valence-electron chi connectivity index (χ3n) is 2.71. The Bertz CT molecular complexity index is 455. The summed E-state index contributed by atoms with van der Waals surface area (Å²) < 4.78 is 0. The van der Waals surface area contributed by atoms with Crippen LogP contribution in [0.1, 0.15) is 21.3 Å². The zero-order valence-electron chi connectivity index (χ0n) is 8.94. The Morgan fingerprint density at radius 2 is 2.38 bits per heavy atom. The molecule has 0 aromatic carbocycles. The molecule has 1 N–H and O–H groups in total. The summed E-state index contributed by atoms with van der Waals surface area (Å²) in [6.07, 6.45) is 3.76. The summed E-state index contributed by atoms with van der Waals surface area (Å²) in [5.41, 5.74) is 2.39. The van der Waals surface area contributed by atoms with Gasteiger partial charge in [0.2, 0.25) is 0 Å². The SMILES string of the molecule is c1ccc(Cc2nc3c(s2)CNCC3)nc1. The van der Waals surface area contributed by atoms with Crippen LogP contribution in [0.3, 0.4) is 0 Å². The van der Waals surface area contributed by atoms with E-state index in [0.29, 0.717) is 0 Å². The Morgan fingerprint density at radius 3 is 3.19 bits per heavy atom. The monoisotopic (exact) mass is 231 g/mol. The van der Waals surface area contributed by atoms with Gasteiger partial charge in [0.25, 0.3) is 0 Å². The van der Waals surface area contributed by atoms with Crippen LogP contribution < -0.4 is 5.32 Å². The lowest BCUT2D eigenvalue weighted by Crippen LogP contribution is -2.22. The van der Waals surface area contributed by atoms with Crippen molar-refractivity contribution in [1.29, 1.82) is 0 Å². The highest BCUT2D eigenvalue weighted by molar-refractivity contribution is 7.11. The fourth-order valence-corrected chi connectivity index (χ4v) is 3.01. The Kier molecular flexibility index (Phi) is 2.68. The molecule has 0 fully saturated rings. The normalized spacial score (nSPS) is 14.8. The molecule has 0 aliphatic carbocycles. The van der Waals surface area contributed by atoms with Crippen molar-refractivity contribution in [3.05, 3.63) is 45.7 Å². The van der Waals surface area contributed by atoms with Gasteiger partial charge in [-0.15, -0.1) is 11.3 Å². The van der Waals surface area contributed by atoms with Gasteiger partial charge in [0.15, 0.2) is 0 Å². The predicted octanol–water partition coefficient (Wildman–Crippen LogP) is 1.77. The summed E-state index contributed by atoms with van der Waals surface area (Å²) in [5.74, 6) is 0. The lowest BCUT2D eigenvalue weighted by Gasteiger charge is -2.09. The molecule has 3 nitrogen and oxygen atoms in total. The van der Waals surface area contributed by atoms with E-state index < -0.39 is 0 Å². The fraction of sp³-hybridized carbons (Fsp3) is 0.333. The molecular weight excluding hydrogens is 218 g/mol. The number of pyridine rings is 1. The molecule has 2 aromatic rings. The topological polar surface area (TPSA) is 37.8 Å². The van der Waals surface area contributed by atoms with Crippen LogP contribution in [0, 0.1) is 0 Å². The van der Waals surface area contributed by atoms with Gasteiger partial charge in [-0.3, -0.25) is 4.98 Å². The second kappa shape index (κ2) is 4.31. The zero-order valence-corrected chi connectivity index (χ0v) is 9.76. The van der Waals surface area contributed by atoms with E-state index in [1.807, 2.05) is 29.7 Å². The highest BCUT2D eigenvalue weighted by Crippen LogP contribution is 2.22. The van der Waals surface area contributed by atoms with E-state index >= 15 is 0 Å². The molecule has 1 aliphatic heterocycles. The van der Waals surface area contributed by atoms with Crippen LogP contribution >= 0.6 is 11.3 Å². The van der Waals surface area contributed by atoms with Crippen molar-refractivity contribution in [3.63, 3.8) is 0 Å². The van der Waals surface area contributed by atoms with Gasteiger partial charge < -0.3 is 5.32 Å². The first-order valence-corrected chi connectivity index (χ1v) is 6.31. The number of aromatic nitrogens is 2. The third-order valence-corrected chi connectivity index (χ3v) is 3.80. The molecule has 3 heterocycles. The van der Waals surface area contributed by atoms with Crippen molar-refractivity contribution in [1.82, 2.24) is 15.3 Å². The molecule has 0 spiro atoms. The maximum absolute atomic E-state index is 4.68. The van der Waals surface area contributed by atoms with E-state index in [9.17, 15) is 0 Å². The Hall–Kier alpha value is -1.26. The summed E-state index contributed by atoms with van der Waals surface area (Å²) in [4.78, 5) is 10.4. The molecule has 0 radical (unpaired) electrons. The number of hydrogen-bond acceptors (Lipinski definition) is 4. The van der Waals surface area contributed by atoms with Gasteiger partial charge in [0, 0.05) is 42.7 Å². The summed E-state index contributed by atoms with van der Waals surface area (Å²) in [5, 5.41) is 4.56. The highest BCUT2D eigenvalue weighted by atomic mass is 32.1. The fourth-order valence-electron chi connectivity index (χ4n) is 1.91. The number of fused-ring (bicyclic) bond motifs is 1. The lowest BCUT2D eigenvalue weighted by molar-refractivity contribution is 0.643. The first-order valence-electron chi connectivity index (χ1n) is 5.50. The van der Waals surface area contributed by atoms with Gasteiger partial charge in [-0.05, 0) is 12.1 Å². The molecule has 4 heteroatoms. The van der Waals surface area contributed by atoms with Crippen LogP contribution in [0.4, 0.5) is 0 Å². The average Bonchev–Trinajstić information content (AvgIpc) is 2.72. The maximum Gasteiger partial charge on any atom is 0.0991 e. The van der Waals surface area contributed by atoms with Crippen molar-refractivity contribution in [2.45, 2.75) is 19.4 Å². The van der Waals surface area contributed by atoms with E-state index in [4.69, 9.17) is 0 Å². The number of hydrogen-bond donors (Lipinski definition) is 1. The quantitative estimate of drug-likeness (QED) is 0.856. The van der Waals surface area contributed by atoms with Crippen LogP contribution in [0.5, 0.6) is 0 Å². The van der Waals surface area contributed by atoms with Crippen molar-refractivity contribution >= 4 is 11.3 Å². The number of nitrogens with one attached hydrogen (secondary N) is 1. The molecule has 0 saturated heterocycles. The van der Waals surface area contributed by atoms with Crippen LogP contribution in [0.2, 0.25) is 0 Å². The van der Waals surface area contributed by atoms with Crippen LogP contribution in [-0.2, 0) is 19.4 Å². The Balaban J connectivity index is 1.83. The number of rotatable bonds is 2. The molecule has 0 bridgehead atoms. The molecule has 82 valence electrons. The van der Waals surface area contributed by atoms with Gasteiger partial charge in [0.05, 0.1) is 10.7 Å². The van der Waals surface area contributed by atoms with Crippen LogP contribution in [0.15, 0.2) is 24.4 Å². The van der Waals surface area contributed by atoms with Crippen molar-refractivity contribution in [2.24, 2.45) is 0 Å². The second-order valence-electron chi connectivity index (χ2n) is 3.90. The van der Waals surface area contributed by atoms with E-state index in [1.165, 1.54) is 15.6 Å². The zero-order chi connectivity index (χ0) is 10.8. The predicted molar refractivity (Wildman–Crippen MR) is 64.6 cm³/mol. The van der Waals surface area contributed by atoms with Crippen molar-refractivity contribution in [3.8, 4) is 0 Å². The summed E-state index contributed by atoms with van der Waals surface area (Å²) in [7, 11) is 0. The summed E-state index contributed by atoms with van der Waals surface area (Å²) >= 11 is 1.82. The van der Waals surface area contributed by atoms with Crippen LogP contribution in [0.25, 0.3) is 0 Å². The Morgan fingerprint density at radius 1 is 1.38 bits per heavy atom. The minimum Gasteiger partial charge on any atom is -0.311 e. The maximum atomic E-state index is 4.68. The van der Waals surface area contributed by atoms with E-state index in [1.54, 1.807) is 0 Å². The van der Waals surface area contributed by atoms with Crippen molar-refractivity contribution in [2.75, 3.05) is 6.54 Å². The molecular formula is C12H13N3S. The third kappa shape index (κ3) is 1.99. The standard InChI is InChI=1S/C12H13N3S/c1-2-5-14-9(3-1)7-12-15-10-4-6-13-8-11(10)16-12/h1-3,5,13H,4,6-8H2. The smallest absolute Gasteiger partial charge is 0.0991 e. The van der Waals surface area contributed by atoms with Crippen LogP contribution in [-0.4, -0.2) is 16.5 Å². The summed E-state index contributed by atoms with van der Waals surface area (Å²) in [6, 6.07) is 6.02. The van der Waals surface area contributed by atoms with Gasteiger partial charge in [0.1, 0.15) is 0 Å². The number of nitrogens with zero attached hydrogens (tertiary/aromatic N) is 2. The van der Waals surface area contributed by atoms with Gasteiger partial charge in [-0.1, -0.05) is 6.07 Å². The summed E-state index contributed by atoms with van der Waals surface area (Å²) in [6.45, 7) is 2.04. The van der Waals surface area contributed by atoms with E-state index in [-0.39, 0.29) is 0 Å². The molecule has 2 aromatic heterocycles. The first-order chi connectivity index (χ1) is 7.92. The van der Waals surface area contributed by atoms with Gasteiger partial charge >= 0.3 is 0 Å².